The van der Waals surface area contributed by atoms with Crippen molar-refractivity contribution in [3.8, 4) is 0 Å². The number of unbranched alkanes of at least 4 members (excludes halogenated alkanes) is 1. The Balaban J connectivity index is 1.93. The first-order valence-corrected chi connectivity index (χ1v) is 9.42. The quantitative estimate of drug-likeness (QED) is 0.604. The molecule has 1 fully saturated rings. The Kier molecular flexibility index (Phi) is 7.36. The normalized spacial score (nSPS) is 21.1. The van der Waals surface area contributed by atoms with Gasteiger partial charge in [-0.25, -0.2) is 4.79 Å². The van der Waals surface area contributed by atoms with Gasteiger partial charge in [0, 0.05) is 12.2 Å². The van der Waals surface area contributed by atoms with Crippen LogP contribution in [0.1, 0.15) is 70.3 Å². The molecule has 1 aliphatic rings. The Morgan fingerprint density at radius 1 is 1.12 bits per heavy atom. The van der Waals surface area contributed by atoms with Gasteiger partial charge in [0.2, 0.25) is 0 Å². The van der Waals surface area contributed by atoms with Crippen molar-refractivity contribution in [1.29, 1.82) is 0 Å². The summed E-state index contributed by atoms with van der Waals surface area (Å²) in [6.07, 6.45) is 12.1. The summed E-state index contributed by atoms with van der Waals surface area (Å²) in [6.45, 7) is 4.76. The molecular formula is C21H31NO2. The number of carboxylic acid groups (broad SMARTS) is 1. The van der Waals surface area contributed by atoms with Crippen LogP contribution in [0, 0.1) is 5.92 Å². The fourth-order valence-corrected chi connectivity index (χ4v) is 3.59. The summed E-state index contributed by atoms with van der Waals surface area (Å²) in [5.41, 5.74) is 2.14. The number of amides is 1. The van der Waals surface area contributed by atoms with E-state index in [1.807, 2.05) is 19.1 Å². The van der Waals surface area contributed by atoms with Crippen LogP contribution in [-0.4, -0.2) is 17.7 Å². The number of hydrogen-bond donors (Lipinski definition) is 1. The zero-order chi connectivity index (χ0) is 17.4. The monoisotopic (exact) mass is 329 g/mol. The number of carbonyl (C=O) groups is 1. The summed E-state index contributed by atoms with van der Waals surface area (Å²) in [6, 6.07) is 8.18. The largest absolute Gasteiger partial charge is 0.465 e. The number of rotatable bonds is 7. The molecule has 0 aliphatic heterocycles. The van der Waals surface area contributed by atoms with E-state index < -0.39 is 6.09 Å². The molecule has 132 valence electrons. The van der Waals surface area contributed by atoms with Crippen LogP contribution in [0.3, 0.4) is 0 Å². The van der Waals surface area contributed by atoms with E-state index in [-0.39, 0.29) is 0 Å². The predicted molar refractivity (Wildman–Crippen MR) is 101 cm³/mol. The second-order valence-electron chi connectivity index (χ2n) is 6.85. The van der Waals surface area contributed by atoms with Gasteiger partial charge < -0.3 is 5.11 Å². The van der Waals surface area contributed by atoms with E-state index in [1.54, 1.807) is 0 Å². The molecule has 1 saturated carbocycles. The van der Waals surface area contributed by atoms with Crippen LogP contribution in [0.4, 0.5) is 10.5 Å². The Bertz CT molecular complexity index is 527. The highest BCUT2D eigenvalue weighted by molar-refractivity contribution is 5.85. The summed E-state index contributed by atoms with van der Waals surface area (Å²) < 4.78 is 0. The third-order valence-electron chi connectivity index (χ3n) is 4.99. The van der Waals surface area contributed by atoms with Crippen LogP contribution < -0.4 is 4.90 Å². The Hall–Kier alpha value is -1.77. The second-order valence-corrected chi connectivity index (χ2v) is 6.85. The van der Waals surface area contributed by atoms with E-state index in [9.17, 15) is 9.90 Å². The van der Waals surface area contributed by atoms with Crippen LogP contribution >= 0.6 is 0 Å². The summed E-state index contributed by atoms with van der Waals surface area (Å²) in [4.78, 5) is 12.8. The van der Waals surface area contributed by atoms with Gasteiger partial charge in [0.1, 0.15) is 0 Å². The lowest BCUT2D eigenvalue weighted by Crippen LogP contribution is -2.29. The highest BCUT2D eigenvalue weighted by atomic mass is 16.4. The van der Waals surface area contributed by atoms with Crippen molar-refractivity contribution in [3.63, 3.8) is 0 Å². The van der Waals surface area contributed by atoms with Crippen molar-refractivity contribution in [2.45, 2.75) is 64.7 Å². The van der Waals surface area contributed by atoms with Crippen molar-refractivity contribution in [2.24, 2.45) is 5.92 Å². The molecule has 1 aliphatic carbocycles. The molecule has 0 unspecified atom stereocenters. The first kappa shape index (κ1) is 18.6. The highest BCUT2D eigenvalue weighted by Gasteiger charge is 2.21. The lowest BCUT2D eigenvalue weighted by molar-refractivity contribution is 0.202. The summed E-state index contributed by atoms with van der Waals surface area (Å²) in [5.74, 6) is 1.37. The fourth-order valence-electron chi connectivity index (χ4n) is 3.59. The molecule has 1 aromatic rings. The van der Waals surface area contributed by atoms with Gasteiger partial charge in [0.05, 0.1) is 0 Å². The zero-order valence-electron chi connectivity index (χ0n) is 15.1. The van der Waals surface area contributed by atoms with E-state index >= 15 is 0 Å². The number of hydrogen-bond acceptors (Lipinski definition) is 1. The molecule has 3 heteroatoms. The molecular weight excluding hydrogens is 298 g/mol. The van der Waals surface area contributed by atoms with Crippen molar-refractivity contribution in [2.75, 3.05) is 11.4 Å². The molecule has 1 N–H and O–H groups in total. The molecule has 1 amide bonds. The second kappa shape index (κ2) is 9.51. The molecule has 0 bridgehead atoms. The van der Waals surface area contributed by atoms with Crippen LogP contribution in [0.15, 0.2) is 36.4 Å². The number of benzene rings is 1. The number of allylic oxidation sites excluding steroid dienone is 2. The molecule has 3 nitrogen and oxygen atoms in total. The Labute approximate surface area is 146 Å². The number of anilines is 1. The molecule has 0 radical (unpaired) electrons. The number of nitrogens with zero attached hydrogens (tertiary/aromatic N) is 1. The van der Waals surface area contributed by atoms with Gasteiger partial charge in [0.25, 0.3) is 0 Å². The van der Waals surface area contributed by atoms with E-state index in [4.69, 9.17) is 0 Å². The molecule has 0 aromatic heterocycles. The molecule has 0 spiro atoms. The van der Waals surface area contributed by atoms with Gasteiger partial charge in [-0.1, -0.05) is 44.6 Å². The third-order valence-corrected chi connectivity index (χ3v) is 4.99. The summed E-state index contributed by atoms with van der Waals surface area (Å²) in [7, 11) is 0. The topological polar surface area (TPSA) is 40.5 Å². The molecule has 0 saturated heterocycles. The smallest absolute Gasteiger partial charge is 0.411 e. The molecule has 0 heterocycles. The summed E-state index contributed by atoms with van der Waals surface area (Å²) in [5, 5.41) is 9.31. The first-order valence-electron chi connectivity index (χ1n) is 9.42. The van der Waals surface area contributed by atoms with E-state index in [0.29, 0.717) is 12.5 Å². The molecule has 2 rings (SSSR count). The summed E-state index contributed by atoms with van der Waals surface area (Å²) >= 11 is 0. The lowest BCUT2D eigenvalue weighted by atomic mass is 9.78. The maximum atomic E-state index is 11.3. The van der Waals surface area contributed by atoms with Crippen molar-refractivity contribution < 1.29 is 9.90 Å². The van der Waals surface area contributed by atoms with Gasteiger partial charge in [0.15, 0.2) is 0 Å². The van der Waals surface area contributed by atoms with Gasteiger partial charge >= 0.3 is 6.09 Å². The van der Waals surface area contributed by atoms with E-state index in [2.05, 4.69) is 31.2 Å². The van der Waals surface area contributed by atoms with Crippen LogP contribution in [0.5, 0.6) is 0 Å². The van der Waals surface area contributed by atoms with Crippen LogP contribution in [0.2, 0.25) is 0 Å². The average molecular weight is 329 g/mol. The van der Waals surface area contributed by atoms with Crippen molar-refractivity contribution >= 4 is 11.8 Å². The van der Waals surface area contributed by atoms with Crippen LogP contribution in [0.25, 0.3) is 0 Å². The third kappa shape index (κ3) is 5.12. The minimum Gasteiger partial charge on any atom is -0.465 e. The minimum absolute atomic E-state index is 0.546. The molecule has 1 aromatic carbocycles. The maximum Gasteiger partial charge on any atom is 0.411 e. The standard InChI is InChI=1S/C21H31NO2/c1-3-5-6-7-17-8-10-18(11-9-17)19-12-14-20(15-13-19)22(16-4-2)21(23)24/h6-7,12-15,17-18H,3-5,8-11,16H2,1-2H3,(H,23,24)/b7-6+. The molecule has 0 atom stereocenters. The average Bonchev–Trinajstić information content (AvgIpc) is 2.60. The zero-order valence-corrected chi connectivity index (χ0v) is 15.1. The fraction of sp³-hybridized carbons (Fsp3) is 0.571. The maximum absolute atomic E-state index is 11.3. The minimum atomic E-state index is -0.871. The highest BCUT2D eigenvalue weighted by Crippen LogP contribution is 2.36. The predicted octanol–water partition coefficient (Wildman–Crippen LogP) is 6.21. The van der Waals surface area contributed by atoms with Crippen molar-refractivity contribution in [3.05, 3.63) is 42.0 Å². The van der Waals surface area contributed by atoms with Gasteiger partial charge in [-0.2, -0.15) is 0 Å². The first-order chi connectivity index (χ1) is 11.7. The van der Waals surface area contributed by atoms with Gasteiger partial charge in [-0.15, -0.1) is 0 Å². The van der Waals surface area contributed by atoms with Gasteiger partial charge in [-0.05, 0) is 68.1 Å². The Morgan fingerprint density at radius 2 is 1.79 bits per heavy atom. The SMILES string of the molecule is CCC/C=C/C1CCC(c2ccc(N(CCC)C(=O)O)cc2)CC1. The van der Waals surface area contributed by atoms with Gasteiger partial charge in [-0.3, -0.25) is 4.90 Å². The van der Waals surface area contributed by atoms with Crippen molar-refractivity contribution in [1.82, 2.24) is 0 Å². The van der Waals surface area contributed by atoms with Crippen LogP contribution in [-0.2, 0) is 0 Å². The molecule has 24 heavy (non-hydrogen) atoms. The lowest BCUT2D eigenvalue weighted by Gasteiger charge is -2.27. The van der Waals surface area contributed by atoms with E-state index in [0.717, 1.165) is 18.0 Å². The Morgan fingerprint density at radius 3 is 2.33 bits per heavy atom. The van der Waals surface area contributed by atoms with E-state index in [1.165, 1.54) is 49.0 Å².